The molecule has 0 aliphatic heterocycles. The minimum Gasteiger partial charge on any atom is -0.491 e. The van der Waals surface area contributed by atoms with Crippen LogP contribution in [0.15, 0.2) is 27.4 Å². The minimum atomic E-state index is -0.643. The topological polar surface area (TPSA) is 62.9 Å². The summed E-state index contributed by atoms with van der Waals surface area (Å²) in [6.07, 6.45) is -0.643. The fraction of sp³-hybridized carbons (Fsp3) is 0.474. The predicted molar refractivity (Wildman–Crippen MR) is 111 cm³/mol. The SMILES string of the molecule is CCN(CC)C(=S)SCC(O)COc1ccc2c(=O)c(C)c(C)oc2c1. The van der Waals surface area contributed by atoms with Crippen LogP contribution in [0.5, 0.6) is 5.75 Å². The maximum atomic E-state index is 12.2. The number of aliphatic hydroxyl groups is 1. The van der Waals surface area contributed by atoms with Gasteiger partial charge in [0.25, 0.3) is 0 Å². The zero-order chi connectivity index (χ0) is 19.3. The highest BCUT2D eigenvalue weighted by Crippen LogP contribution is 2.21. The van der Waals surface area contributed by atoms with E-state index in [-0.39, 0.29) is 12.0 Å². The third kappa shape index (κ3) is 4.99. The molecule has 5 nitrogen and oxygen atoms in total. The summed E-state index contributed by atoms with van der Waals surface area (Å²) in [7, 11) is 0. The van der Waals surface area contributed by atoms with Gasteiger partial charge in [0.15, 0.2) is 5.43 Å². The molecule has 0 saturated heterocycles. The third-order valence-corrected chi connectivity index (χ3v) is 5.86. The van der Waals surface area contributed by atoms with Crippen molar-refractivity contribution in [3.63, 3.8) is 0 Å². The van der Waals surface area contributed by atoms with Gasteiger partial charge in [-0.1, -0.05) is 24.0 Å². The molecule has 1 aromatic heterocycles. The lowest BCUT2D eigenvalue weighted by Crippen LogP contribution is -2.29. The summed E-state index contributed by atoms with van der Waals surface area (Å²) in [4.78, 5) is 14.3. The largest absolute Gasteiger partial charge is 0.491 e. The van der Waals surface area contributed by atoms with Crippen LogP contribution >= 0.6 is 24.0 Å². The Hall–Kier alpha value is -1.57. The van der Waals surface area contributed by atoms with Gasteiger partial charge < -0.3 is 19.2 Å². The molecule has 142 valence electrons. The molecule has 0 saturated carbocycles. The van der Waals surface area contributed by atoms with Gasteiger partial charge in [-0.3, -0.25) is 4.79 Å². The fourth-order valence-corrected chi connectivity index (χ4v) is 3.78. The van der Waals surface area contributed by atoms with E-state index in [1.165, 1.54) is 11.8 Å². The Morgan fingerprint density at radius 2 is 2.04 bits per heavy atom. The molecule has 1 unspecified atom stereocenters. The minimum absolute atomic E-state index is 0.0309. The van der Waals surface area contributed by atoms with Crippen LogP contribution in [0, 0.1) is 13.8 Å². The first-order chi connectivity index (χ1) is 12.4. The zero-order valence-electron chi connectivity index (χ0n) is 15.6. The second-order valence-electron chi connectivity index (χ2n) is 5.98. The van der Waals surface area contributed by atoms with Crippen molar-refractivity contribution >= 4 is 39.3 Å². The molecule has 0 fully saturated rings. The van der Waals surface area contributed by atoms with Crippen LogP contribution in [0.25, 0.3) is 11.0 Å². The number of ether oxygens (including phenoxy) is 1. The number of rotatable bonds is 7. The number of thiocarbonyl (C=S) groups is 1. The van der Waals surface area contributed by atoms with Gasteiger partial charge >= 0.3 is 0 Å². The maximum Gasteiger partial charge on any atom is 0.195 e. The Bertz CT molecular complexity index is 830. The van der Waals surface area contributed by atoms with Gasteiger partial charge in [0.1, 0.15) is 28.0 Å². The van der Waals surface area contributed by atoms with Crippen LogP contribution in [-0.4, -0.2) is 45.9 Å². The van der Waals surface area contributed by atoms with Gasteiger partial charge in [0, 0.05) is 30.5 Å². The second-order valence-corrected chi connectivity index (χ2v) is 7.64. The van der Waals surface area contributed by atoms with Gasteiger partial charge in [0.2, 0.25) is 0 Å². The number of nitrogens with zero attached hydrogens (tertiary/aromatic N) is 1. The lowest BCUT2D eigenvalue weighted by atomic mass is 10.1. The summed E-state index contributed by atoms with van der Waals surface area (Å²) < 4.78 is 12.1. The molecule has 26 heavy (non-hydrogen) atoms. The lowest BCUT2D eigenvalue weighted by molar-refractivity contribution is 0.126. The molecule has 0 aliphatic carbocycles. The van der Waals surface area contributed by atoms with Crippen molar-refractivity contribution in [2.45, 2.75) is 33.8 Å². The van der Waals surface area contributed by atoms with Crippen molar-refractivity contribution in [1.82, 2.24) is 4.90 Å². The maximum absolute atomic E-state index is 12.2. The van der Waals surface area contributed by atoms with Crippen LogP contribution in [0.1, 0.15) is 25.2 Å². The van der Waals surface area contributed by atoms with Crippen molar-refractivity contribution in [2.75, 3.05) is 25.4 Å². The van der Waals surface area contributed by atoms with E-state index in [0.29, 0.717) is 33.8 Å². The Morgan fingerprint density at radius 3 is 2.69 bits per heavy atom. The normalized spacial score (nSPS) is 12.2. The summed E-state index contributed by atoms with van der Waals surface area (Å²) in [5.41, 5.74) is 1.07. The van der Waals surface area contributed by atoms with Crippen LogP contribution < -0.4 is 10.2 Å². The van der Waals surface area contributed by atoms with Crippen LogP contribution in [0.2, 0.25) is 0 Å². The molecular formula is C19H25NO4S2. The molecule has 0 spiro atoms. The van der Waals surface area contributed by atoms with E-state index in [1.54, 1.807) is 32.0 Å². The van der Waals surface area contributed by atoms with E-state index in [2.05, 4.69) is 18.7 Å². The van der Waals surface area contributed by atoms with Gasteiger partial charge in [-0.25, -0.2) is 0 Å². The molecule has 2 aromatic rings. The van der Waals surface area contributed by atoms with E-state index in [0.717, 1.165) is 17.4 Å². The van der Waals surface area contributed by atoms with E-state index in [1.807, 2.05) is 0 Å². The highest BCUT2D eigenvalue weighted by molar-refractivity contribution is 8.22. The summed E-state index contributed by atoms with van der Waals surface area (Å²) >= 11 is 6.81. The highest BCUT2D eigenvalue weighted by Gasteiger charge is 2.12. The van der Waals surface area contributed by atoms with Crippen LogP contribution in [0.4, 0.5) is 0 Å². The average Bonchev–Trinajstić information content (AvgIpc) is 2.63. The number of aliphatic hydroxyl groups excluding tert-OH is 1. The Labute approximate surface area is 163 Å². The van der Waals surface area contributed by atoms with Gasteiger partial charge in [-0.15, -0.1) is 0 Å². The third-order valence-electron chi connectivity index (χ3n) is 4.19. The number of hydrogen-bond donors (Lipinski definition) is 1. The van der Waals surface area contributed by atoms with Gasteiger partial charge in [-0.05, 0) is 39.8 Å². The van der Waals surface area contributed by atoms with E-state index in [9.17, 15) is 9.90 Å². The molecule has 1 heterocycles. The van der Waals surface area contributed by atoms with E-state index >= 15 is 0 Å². The lowest BCUT2D eigenvalue weighted by Gasteiger charge is -2.21. The van der Waals surface area contributed by atoms with Crippen molar-refractivity contribution < 1.29 is 14.3 Å². The predicted octanol–water partition coefficient (Wildman–Crippen LogP) is 3.51. The number of fused-ring (bicyclic) bond motifs is 1. The molecule has 7 heteroatoms. The Kier molecular flexibility index (Phi) is 7.49. The first-order valence-corrected chi connectivity index (χ1v) is 10.0. The summed E-state index contributed by atoms with van der Waals surface area (Å²) in [6, 6.07) is 5.09. The molecular weight excluding hydrogens is 370 g/mol. The molecule has 2 rings (SSSR count). The molecule has 0 bridgehead atoms. The standard InChI is InChI=1S/C19H25NO4S2/c1-5-20(6-2)19(25)26-11-14(21)10-23-15-7-8-16-17(9-15)24-13(4)12(3)18(16)22/h7-9,14,21H,5-6,10-11H2,1-4H3. The molecule has 0 aliphatic rings. The van der Waals surface area contributed by atoms with Gasteiger partial charge in [-0.2, -0.15) is 0 Å². The van der Waals surface area contributed by atoms with Crippen molar-refractivity contribution in [3.05, 3.63) is 39.7 Å². The van der Waals surface area contributed by atoms with Crippen LogP contribution in [-0.2, 0) is 0 Å². The highest BCUT2D eigenvalue weighted by atomic mass is 32.2. The molecule has 1 aromatic carbocycles. The Balaban J connectivity index is 1.96. The van der Waals surface area contributed by atoms with Crippen LogP contribution in [0.3, 0.4) is 0 Å². The molecule has 0 amide bonds. The number of hydrogen-bond acceptors (Lipinski definition) is 6. The van der Waals surface area contributed by atoms with E-state index in [4.69, 9.17) is 21.4 Å². The number of thioether (sulfide) groups is 1. The van der Waals surface area contributed by atoms with Gasteiger partial charge in [0.05, 0.1) is 11.5 Å². The number of aryl methyl sites for hydroxylation is 1. The molecule has 1 atom stereocenters. The summed E-state index contributed by atoms with van der Waals surface area (Å²) in [6.45, 7) is 9.49. The van der Waals surface area contributed by atoms with Crippen molar-refractivity contribution in [1.29, 1.82) is 0 Å². The smallest absolute Gasteiger partial charge is 0.195 e. The fourth-order valence-electron chi connectivity index (χ4n) is 2.45. The van der Waals surface area contributed by atoms with Crippen molar-refractivity contribution in [2.24, 2.45) is 0 Å². The zero-order valence-corrected chi connectivity index (χ0v) is 17.2. The monoisotopic (exact) mass is 395 g/mol. The van der Waals surface area contributed by atoms with Crippen molar-refractivity contribution in [3.8, 4) is 5.75 Å². The Morgan fingerprint density at radius 1 is 1.35 bits per heavy atom. The number of benzene rings is 1. The molecule has 0 radical (unpaired) electrons. The quantitative estimate of drug-likeness (QED) is 0.720. The summed E-state index contributed by atoms with van der Waals surface area (Å²) in [5, 5.41) is 10.7. The van der Waals surface area contributed by atoms with E-state index < -0.39 is 6.10 Å². The summed E-state index contributed by atoms with van der Waals surface area (Å²) in [5.74, 6) is 1.62. The second kappa shape index (κ2) is 9.39. The first kappa shape index (κ1) is 20.7. The first-order valence-electron chi connectivity index (χ1n) is 8.64. The molecule has 1 N–H and O–H groups in total. The average molecular weight is 396 g/mol.